The smallest absolute Gasteiger partial charge is 0.225 e. The zero-order valence-corrected chi connectivity index (χ0v) is 10.0. The Balaban J connectivity index is 1.84. The summed E-state index contributed by atoms with van der Waals surface area (Å²) in [5.41, 5.74) is 0. The Labute approximate surface area is 96.4 Å². The van der Waals surface area contributed by atoms with Gasteiger partial charge in [-0.3, -0.25) is 9.59 Å². The Hall–Kier alpha value is -1.06. The van der Waals surface area contributed by atoms with E-state index < -0.39 is 0 Å². The highest BCUT2D eigenvalue weighted by atomic mass is 16.2. The molecule has 0 aromatic carbocycles. The first-order valence-electron chi connectivity index (χ1n) is 6.14. The van der Waals surface area contributed by atoms with Crippen LogP contribution in [0.4, 0.5) is 0 Å². The minimum absolute atomic E-state index is 0.0293. The molecular weight excluding hydrogens is 204 g/mol. The summed E-state index contributed by atoms with van der Waals surface area (Å²) in [6.45, 7) is 5.37. The molecule has 4 heteroatoms. The van der Waals surface area contributed by atoms with E-state index in [-0.39, 0.29) is 23.8 Å². The van der Waals surface area contributed by atoms with E-state index in [1.54, 1.807) is 0 Å². The number of hydrogen-bond donors (Lipinski definition) is 1. The molecule has 0 aromatic heterocycles. The molecule has 0 radical (unpaired) electrons. The number of amides is 2. The monoisotopic (exact) mass is 224 g/mol. The van der Waals surface area contributed by atoms with Gasteiger partial charge in [0.1, 0.15) is 0 Å². The van der Waals surface area contributed by atoms with Crippen LogP contribution in [-0.2, 0) is 9.59 Å². The first-order valence-corrected chi connectivity index (χ1v) is 6.14. The molecule has 0 spiro atoms. The third kappa shape index (κ3) is 2.74. The highest BCUT2D eigenvalue weighted by molar-refractivity contribution is 5.89. The fourth-order valence-electron chi connectivity index (χ4n) is 2.14. The van der Waals surface area contributed by atoms with Crippen LogP contribution in [0.15, 0.2) is 0 Å². The number of carbonyl (C=O) groups excluding carboxylic acids is 2. The third-order valence-electron chi connectivity index (χ3n) is 3.19. The summed E-state index contributed by atoms with van der Waals surface area (Å²) in [6, 6.07) is 0.153. The second-order valence-corrected chi connectivity index (χ2v) is 5.31. The van der Waals surface area contributed by atoms with Crippen LogP contribution in [0, 0.1) is 11.8 Å². The van der Waals surface area contributed by atoms with E-state index in [1.807, 2.05) is 18.7 Å². The van der Waals surface area contributed by atoms with Gasteiger partial charge in [0.2, 0.25) is 11.8 Å². The maximum atomic E-state index is 11.8. The fraction of sp³-hybridized carbons (Fsp3) is 0.833. The van der Waals surface area contributed by atoms with E-state index in [4.69, 9.17) is 0 Å². The summed E-state index contributed by atoms with van der Waals surface area (Å²) in [7, 11) is 0. The number of rotatable bonds is 4. The lowest BCUT2D eigenvalue weighted by atomic mass is 10.1. The van der Waals surface area contributed by atoms with Gasteiger partial charge in [-0.15, -0.1) is 0 Å². The van der Waals surface area contributed by atoms with Crippen molar-refractivity contribution in [2.45, 2.75) is 39.2 Å². The van der Waals surface area contributed by atoms with Crippen LogP contribution in [-0.4, -0.2) is 35.8 Å². The quantitative estimate of drug-likeness (QED) is 0.766. The highest BCUT2D eigenvalue weighted by Crippen LogP contribution is 2.31. The van der Waals surface area contributed by atoms with Crippen molar-refractivity contribution < 1.29 is 9.59 Å². The van der Waals surface area contributed by atoms with Gasteiger partial charge >= 0.3 is 0 Å². The second-order valence-electron chi connectivity index (χ2n) is 5.31. The molecule has 1 aliphatic carbocycles. The molecule has 1 aliphatic heterocycles. The van der Waals surface area contributed by atoms with Gasteiger partial charge in [0.25, 0.3) is 0 Å². The lowest BCUT2D eigenvalue weighted by Crippen LogP contribution is -2.37. The van der Waals surface area contributed by atoms with Crippen LogP contribution in [0.3, 0.4) is 0 Å². The van der Waals surface area contributed by atoms with Crippen LogP contribution in [0.25, 0.3) is 0 Å². The van der Waals surface area contributed by atoms with Crippen LogP contribution in [0.5, 0.6) is 0 Å². The molecule has 1 N–H and O–H groups in total. The van der Waals surface area contributed by atoms with Crippen molar-refractivity contribution >= 4 is 11.8 Å². The van der Waals surface area contributed by atoms with Gasteiger partial charge in [0.05, 0.1) is 5.92 Å². The standard InChI is InChI=1S/C12H20N2O2/c1-8(2)13-12(16)10-5-11(15)14(7-10)6-9-3-4-9/h8-10H,3-7H2,1-2H3,(H,13,16)/t10-/m1/s1. The Morgan fingerprint density at radius 1 is 1.50 bits per heavy atom. The summed E-state index contributed by atoms with van der Waals surface area (Å²) in [5.74, 6) is 0.752. The Morgan fingerprint density at radius 3 is 2.75 bits per heavy atom. The molecule has 2 amide bonds. The predicted molar refractivity (Wildman–Crippen MR) is 60.7 cm³/mol. The summed E-state index contributed by atoms with van der Waals surface area (Å²) in [6.07, 6.45) is 2.88. The molecule has 2 rings (SSSR count). The molecule has 1 atom stereocenters. The van der Waals surface area contributed by atoms with E-state index >= 15 is 0 Å². The molecule has 16 heavy (non-hydrogen) atoms. The lowest BCUT2D eigenvalue weighted by Gasteiger charge is -2.16. The van der Waals surface area contributed by atoms with Crippen molar-refractivity contribution in [3.63, 3.8) is 0 Å². The van der Waals surface area contributed by atoms with Gasteiger partial charge in [0, 0.05) is 25.6 Å². The zero-order valence-electron chi connectivity index (χ0n) is 10.0. The molecule has 0 bridgehead atoms. The molecule has 1 heterocycles. The number of nitrogens with zero attached hydrogens (tertiary/aromatic N) is 1. The van der Waals surface area contributed by atoms with Crippen molar-refractivity contribution in [3.05, 3.63) is 0 Å². The van der Waals surface area contributed by atoms with E-state index in [9.17, 15) is 9.59 Å². The zero-order chi connectivity index (χ0) is 11.7. The van der Waals surface area contributed by atoms with E-state index in [1.165, 1.54) is 12.8 Å². The van der Waals surface area contributed by atoms with Crippen LogP contribution in [0.1, 0.15) is 33.1 Å². The second kappa shape index (κ2) is 4.44. The highest BCUT2D eigenvalue weighted by Gasteiger charge is 2.37. The molecule has 90 valence electrons. The first kappa shape index (κ1) is 11.4. The maximum Gasteiger partial charge on any atom is 0.225 e. The van der Waals surface area contributed by atoms with Crippen LogP contribution in [0.2, 0.25) is 0 Å². The van der Waals surface area contributed by atoms with Crippen molar-refractivity contribution in [3.8, 4) is 0 Å². The van der Waals surface area contributed by atoms with Crippen LogP contribution < -0.4 is 5.32 Å². The molecule has 2 aliphatic rings. The first-order chi connectivity index (χ1) is 7.56. The Kier molecular flexibility index (Phi) is 3.17. The molecule has 4 nitrogen and oxygen atoms in total. The normalized spacial score (nSPS) is 25.3. The average Bonchev–Trinajstić information content (AvgIpc) is 2.90. The lowest BCUT2D eigenvalue weighted by molar-refractivity contribution is -0.129. The largest absolute Gasteiger partial charge is 0.354 e. The van der Waals surface area contributed by atoms with Crippen molar-refractivity contribution in [1.29, 1.82) is 0 Å². The summed E-state index contributed by atoms with van der Waals surface area (Å²) >= 11 is 0. The Bertz CT molecular complexity index is 297. The molecule has 1 saturated heterocycles. The topological polar surface area (TPSA) is 49.4 Å². The number of nitrogens with one attached hydrogen (secondary N) is 1. The van der Waals surface area contributed by atoms with E-state index in [0.29, 0.717) is 18.9 Å². The summed E-state index contributed by atoms with van der Waals surface area (Å²) in [4.78, 5) is 25.3. The van der Waals surface area contributed by atoms with Crippen molar-refractivity contribution in [2.24, 2.45) is 11.8 Å². The molecule has 0 unspecified atom stereocenters. The van der Waals surface area contributed by atoms with Crippen LogP contribution >= 0.6 is 0 Å². The molecule has 0 aromatic rings. The maximum absolute atomic E-state index is 11.8. The Morgan fingerprint density at radius 2 is 2.19 bits per heavy atom. The van der Waals surface area contributed by atoms with Gasteiger partial charge in [-0.1, -0.05) is 0 Å². The SMILES string of the molecule is CC(C)NC(=O)[C@@H]1CC(=O)N(CC2CC2)C1. The summed E-state index contributed by atoms with van der Waals surface area (Å²) in [5, 5.41) is 2.88. The number of likely N-dealkylation sites (tertiary alicyclic amines) is 1. The molecule has 2 fully saturated rings. The number of carbonyl (C=O) groups is 2. The van der Waals surface area contributed by atoms with Gasteiger partial charge in [0.15, 0.2) is 0 Å². The van der Waals surface area contributed by atoms with Gasteiger partial charge < -0.3 is 10.2 Å². The third-order valence-corrected chi connectivity index (χ3v) is 3.19. The van der Waals surface area contributed by atoms with E-state index in [0.717, 1.165) is 6.54 Å². The molecule has 1 saturated carbocycles. The average molecular weight is 224 g/mol. The fourth-order valence-corrected chi connectivity index (χ4v) is 2.14. The van der Waals surface area contributed by atoms with Gasteiger partial charge in [-0.2, -0.15) is 0 Å². The summed E-state index contributed by atoms with van der Waals surface area (Å²) < 4.78 is 0. The van der Waals surface area contributed by atoms with E-state index in [2.05, 4.69) is 5.32 Å². The predicted octanol–water partition coefficient (Wildman–Crippen LogP) is 0.769. The van der Waals surface area contributed by atoms with Crippen molar-refractivity contribution in [1.82, 2.24) is 10.2 Å². The van der Waals surface area contributed by atoms with Gasteiger partial charge in [-0.25, -0.2) is 0 Å². The van der Waals surface area contributed by atoms with Crippen molar-refractivity contribution in [2.75, 3.05) is 13.1 Å². The number of hydrogen-bond acceptors (Lipinski definition) is 2. The minimum Gasteiger partial charge on any atom is -0.354 e. The minimum atomic E-state index is -0.131. The van der Waals surface area contributed by atoms with Gasteiger partial charge in [-0.05, 0) is 32.6 Å². The molecular formula is C12H20N2O2.